The molecule has 1 aromatic rings. The van der Waals surface area contributed by atoms with Crippen LogP contribution in [0.2, 0.25) is 0 Å². The summed E-state index contributed by atoms with van der Waals surface area (Å²) in [5.74, 6) is 0.0463. The van der Waals surface area contributed by atoms with Crippen LogP contribution in [0.3, 0.4) is 0 Å². The van der Waals surface area contributed by atoms with E-state index < -0.39 is 0 Å². The third-order valence-electron chi connectivity index (χ3n) is 1.44. The zero-order valence-electron chi connectivity index (χ0n) is 5.97. The molecule has 1 rings (SSSR count). The molecule has 0 N–H and O–H groups in total. The molecule has 10 heavy (non-hydrogen) atoms. The molecule has 1 atom stereocenters. The molecular weight excluding hydrogens is 127 g/mol. The van der Waals surface area contributed by atoms with Crippen molar-refractivity contribution in [2.45, 2.75) is 12.8 Å². The van der Waals surface area contributed by atoms with Gasteiger partial charge in [0, 0.05) is 0 Å². The summed E-state index contributed by atoms with van der Waals surface area (Å²) >= 11 is 0. The largest absolute Gasteiger partial charge is 0.207 e. The molecule has 0 saturated carbocycles. The highest BCUT2D eigenvalue weighted by Gasteiger charge is 1.96. The first-order chi connectivity index (χ1) is 4.70. The first-order valence-corrected chi connectivity index (χ1v) is 3.28. The fraction of sp³-hybridized carbons (Fsp3) is 0.222. The maximum absolute atomic E-state index is 12.3. The standard InChI is InChI=1S/C9H10F/c1-7(2)8-3-5-9(10)6-4-8/h3-7H,1H2,2H3. The molecule has 53 valence electrons. The van der Waals surface area contributed by atoms with Crippen LogP contribution in [0.25, 0.3) is 0 Å². The van der Waals surface area contributed by atoms with Crippen molar-refractivity contribution in [2.75, 3.05) is 0 Å². The number of hydrogen-bond donors (Lipinski definition) is 0. The molecular formula is C9H10F. The van der Waals surface area contributed by atoms with Gasteiger partial charge in [-0.2, -0.15) is 0 Å². The van der Waals surface area contributed by atoms with Crippen molar-refractivity contribution in [2.24, 2.45) is 0 Å². The number of halogens is 1. The third-order valence-corrected chi connectivity index (χ3v) is 1.44. The minimum atomic E-state index is -0.190. The van der Waals surface area contributed by atoms with E-state index in [4.69, 9.17) is 0 Å². The lowest BCUT2D eigenvalue weighted by atomic mass is 10.0. The van der Waals surface area contributed by atoms with Crippen LogP contribution in [-0.2, 0) is 0 Å². The second-order valence-electron chi connectivity index (χ2n) is 2.45. The van der Waals surface area contributed by atoms with E-state index >= 15 is 0 Å². The van der Waals surface area contributed by atoms with Crippen LogP contribution < -0.4 is 0 Å². The first kappa shape index (κ1) is 7.26. The van der Waals surface area contributed by atoms with Gasteiger partial charge in [-0.3, -0.25) is 0 Å². The van der Waals surface area contributed by atoms with Gasteiger partial charge >= 0.3 is 0 Å². The average Bonchev–Trinajstić information content (AvgIpc) is 1.88. The van der Waals surface area contributed by atoms with Crippen molar-refractivity contribution in [1.82, 2.24) is 0 Å². The monoisotopic (exact) mass is 137 g/mol. The maximum atomic E-state index is 12.3. The molecule has 0 aromatic heterocycles. The fourth-order valence-electron chi connectivity index (χ4n) is 0.791. The molecule has 1 radical (unpaired) electrons. The van der Waals surface area contributed by atoms with Gasteiger partial charge in [0.15, 0.2) is 0 Å². The Morgan fingerprint density at radius 1 is 1.30 bits per heavy atom. The first-order valence-electron chi connectivity index (χ1n) is 3.28. The molecule has 1 aromatic carbocycles. The molecule has 0 amide bonds. The van der Waals surface area contributed by atoms with E-state index in [1.807, 2.05) is 6.92 Å². The van der Waals surface area contributed by atoms with Crippen LogP contribution in [0, 0.1) is 12.7 Å². The zero-order chi connectivity index (χ0) is 7.56. The molecule has 1 heteroatoms. The summed E-state index contributed by atoms with van der Waals surface area (Å²) < 4.78 is 12.3. The van der Waals surface area contributed by atoms with E-state index in [2.05, 4.69) is 6.92 Å². The zero-order valence-corrected chi connectivity index (χ0v) is 5.97. The van der Waals surface area contributed by atoms with Gasteiger partial charge in [0.1, 0.15) is 5.82 Å². The molecule has 0 heterocycles. The second-order valence-corrected chi connectivity index (χ2v) is 2.45. The summed E-state index contributed by atoms with van der Waals surface area (Å²) in [5, 5.41) is 0. The minimum Gasteiger partial charge on any atom is -0.207 e. The Kier molecular flexibility index (Phi) is 2.05. The Labute approximate surface area is 60.7 Å². The summed E-state index contributed by atoms with van der Waals surface area (Å²) in [6.45, 7) is 5.80. The van der Waals surface area contributed by atoms with Crippen LogP contribution >= 0.6 is 0 Å². The average molecular weight is 137 g/mol. The van der Waals surface area contributed by atoms with Gasteiger partial charge in [0.2, 0.25) is 0 Å². The summed E-state index contributed by atoms with van der Waals surface area (Å²) in [7, 11) is 0. The van der Waals surface area contributed by atoms with E-state index in [1.165, 1.54) is 12.1 Å². The Balaban J connectivity index is 2.89. The highest BCUT2D eigenvalue weighted by molar-refractivity contribution is 5.20. The van der Waals surface area contributed by atoms with E-state index in [0.717, 1.165) is 5.56 Å². The lowest BCUT2D eigenvalue weighted by Gasteiger charge is -2.02. The van der Waals surface area contributed by atoms with Gasteiger partial charge in [-0.15, -0.1) is 0 Å². The normalized spacial score (nSPS) is 10.4. The van der Waals surface area contributed by atoms with Crippen LogP contribution in [-0.4, -0.2) is 0 Å². The molecule has 0 saturated heterocycles. The van der Waals surface area contributed by atoms with Crippen molar-refractivity contribution in [3.05, 3.63) is 42.6 Å². The molecule has 0 aliphatic carbocycles. The Bertz CT molecular complexity index is 198. The van der Waals surface area contributed by atoms with Crippen molar-refractivity contribution in [1.29, 1.82) is 0 Å². The topological polar surface area (TPSA) is 0 Å². The molecule has 0 aliphatic rings. The quantitative estimate of drug-likeness (QED) is 0.558. The molecule has 1 unspecified atom stereocenters. The van der Waals surface area contributed by atoms with Crippen LogP contribution in [0.4, 0.5) is 4.39 Å². The highest BCUT2D eigenvalue weighted by atomic mass is 19.1. The summed E-state index contributed by atoms with van der Waals surface area (Å²) in [5.41, 5.74) is 1.07. The van der Waals surface area contributed by atoms with E-state index in [-0.39, 0.29) is 11.7 Å². The summed E-state index contributed by atoms with van der Waals surface area (Å²) in [6, 6.07) is 6.42. The van der Waals surface area contributed by atoms with Crippen LogP contribution in [0.15, 0.2) is 24.3 Å². The second kappa shape index (κ2) is 2.82. The number of rotatable bonds is 1. The van der Waals surface area contributed by atoms with Crippen LogP contribution in [0.1, 0.15) is 18.4 Å². The van der Waals surface area contributed by atoms with Crippen LogP contribution in [0.5, 0.6) is 0 Å². The predicted octanol–water partition coefficient (Wildman–Crippen LogP) is 2.76. The maximum Gasteiger partial charge on any atom is 0.123 e. The smallest absolute Gasteiger partial charge is 0.123 e. The molecule has 0 aliphatic heterocycles. The fourth-order valence-corrected chi connectivity index (χ4v) is 0.791. The number of benzene rings is 1. The predicted molar refractivity (Wildman–Crippen MR) is 40.2 cm³/mol. The third kappa shape index (κ3) is 1.56. The van der Waals surface area contributed by atoms with E-state index in [9.17, 15) is 4.39 Å². The SMILES string of the molecule is [CH2]C(C)c1ccc(F)cc1. The van der Waals surface area contributed by atoms with Crippen molar-refractivity contribution in [3.63, 3.8) is 0 Å². The molecule has 0 spiro atoms. The van der Waals surface area contributed by atoms with Crippen molar-refractivity contribution < 1.29 is 4.39 Å². The van der Waals surface area contributed by atoms with Gasteiger partial charge in [0.25, 0.3) is 0 Å². The van der Waals surface area contributed by atoms with E-state index in [1.54, 1.807) is 12.1 Å². The lowest BCUT2D eigenvalue weighted by Crippen LogP contribution is -1.86. The van der Waals surface area contributed by atoms with E-state index in [0.29, 0.717) is 0 Å². The van der Waals surface area contributed by atoms with Gasteiger partial charge < -0.3 is 0 Å². The molecule has 0 bridgehead atoms. The van der Waals surface area contributed by atoms with Gasteiger partial charge in [-0.05, 0) is 30.5 Å². The number of hydrogen-bond acceptors (Lipinski definition) is 0. The van der Waals surface area contributed by atoms with Crippen molar-refractivity contribution >= 4 is 0 Å². The Morgan fingerprint density at radius 2 is 1.80 bits per heavy atom. The molecule has 0 fully saturated rings. The highest BCUT2D eigenvalue weighted by Crippen LogP contribution is 2.13. The van der Waals surface area contributed by atoms with Gasteiger partial charge in [-0.25, -0.2) is 4.39 Å². The Hall–Kier alpha value is -0.850. The van der Waals surface area contributed by atoms with Crippen molar-refractivity contribution in [3.8, 4) is 0 Å². The summed E-state index contributed by atoms with van der Waals surface area (Å²) in [6.07, 6.45) is 0. The van der Waals surface area contributed by atoms with Gasteiger partial charge in [-0.1, -0.05) is 19.1 Å². The molecule has 0 nitrogen and oxygen atoms in total. The summed E-state index contributed by atoms with van der Waals surface area (Å²) in [4.78, 5) is 0. The minimum absolute atomic E-state index is 0.190. The van der Waals surface area contributed by atoms with Gasteiger partial charge in [0.05, 0.1) is 0 Å². The Morgan fingerprint density at radius 3 is 2.20 bits per heavy atom. The lowest BCUT2D eigenvalue weighted by molar-refractivity contribution is 0.626.